The third-order valence-electron chi connectivity index (χ3n) is 2.58. The van der Waals surface area contributed by atoms with Crippen LogP contribution in [0.5, 0.6) is 0 Å². The largest absolute Gasteiger partial charge is 0.372 e. The number of aromatic nitrogens is 1. The number of nitrogens with zero attached hydrogens (tertiary/aromatic N) is 2. The third-order valence-corrected chi connectivity index (χ3v) is 2.58. The van der Waals surface area contributed by atoms with Gasteiger partial charge in [0, 0.05) is 32.0 Å². The molecule has 0 radical (unpaired) electrons. The van der Waals surface area contributed by atoms with Crippen molar-refractivity contribution in [3.8, 4) is 0 Å². The van der Waals surface area contributed by atoms with Crippen molar-refractivity contribution in [2.45, 2.75) is 13.3 Å². The fourth-order valence-corrected chi connectivity index (χ4v) is 1.62. The quantitative estimate of drug-likeness (QED) is 0.759. The molecule has 1 heterocycles. The summed E-state index contributed by atoms with van der Waals surface area (Å²) in [7, 11) is 1.60. The molecule has 1 amide bonds. The highest BCUT2D eigenvalue weighted by Gasteiger charge is 2.09. The molecule has 0 saturated heterocycles. The van der Waals surface area contributed by atoms with E-state index in [-0.39, 0.29) is 5.91 Å². The van der Waals surface area contributed by atoms with Crippen LogP contribution < -0.4 is 16.0 Å². The number of hydrogen-bond donors (Lipinski definition) is 2. The third kappa shape index (κ3) is 3.71. The number of amides is 1. The van der Waals surface area contributed by atoms with Gasteiger partial charge in [0.05, 0.1) is 0 Å². The van der Waals surface area contributed by atoms with Gasteiger partial charge in [-0.1, -0.05) is 0 Å². The lowest BCUT2D eigenvalue weighted by molar-refractivity contribution is 0.0958. The summed E-state index contributed by atoms with van der Waals surface area (Å²) in [6.07, 6.45) is 2.59. The first-order valence-electron chi connectivity index (χ1n) is 5.86. The second-order valence-electron chi connectivity index (χ2n) is 3.70. The minimum absolute atomic E-state index is 0.165. The molecule has 0 bridgehead atoms. The van der Waals surface area contributed by atoms with Gasteiger partial charge in [0.25, 0.3) is 5.91 Å². The van der Waals surface area contributed by atoms with Crippen LogP contribution in [-0.2, 0) is 0 Å². The molecule has 5 nitrogen and oxygen atoms in total. The number of rotatable bonds is 6. The van der Waals surface area contributed by atoms with Crippen LogP contribution in [0.25, 0.3) is 0 Å². The zero-order valence-corrected chi connectivity index (χ0v) is 10.4. The average Bonchev–Trinajstić information content (AvgIpc) is 2.39. The van der Waals surface area contributed by atoms with Crippen molar-refractivity contribution < 1.29 is 4.79 Å². The molecule has 1 rings (SSSR count). The molecule has 0 unspecified atom stereocenters. The molecule has 0 aliphatic rings. The van der Waals surface area contributed by atoms with Gasteiger partial charge in [0.1, 0.15) is 5.69 Å². The standard InChI is InChI=1S/C12H20N4O/c1-3-16(8-4-6-13)10-5-7-15-11(9-10)12(17)14-2/h5,7,9H,3-4,6,8,13H2,1-2H3,(H,14,17). The summed E-state index contributed by atoms with van der Waals surface area (Å²) in [5, 5.41) is 2.57. The van der Waals surface area contributed by atoms with Gasteiger partial charge in [-0.25, -0.2) is 0 Å². The molecule has 0 saturated carbocycles. The summed E-state index contributed by atoms with van der Waals surface area (Å²) in [4.78, 5) is 17.7. The Balaban J connectivity index is 2.84. The van der Waals surface area contributed by atoms with E-state index in [4.69, 9.17) is 5.73 Å². The van der Waals surface area contributed by atoms with E-state index in [0.29, 0.717) is 12.2 Å². The van der Waals surface area contributed by atoms with Gasteiger partial charge in [-0.2, -0.15) is 0 Å². The summed E-state index contributed by atoms with van der Waals surface area (Å²) < 4.78 is 0. The normalized spacial score (nSPS) is 10.1. The second-order valence-corrected chi connectivity index (χ2v) is 3.70. The van der Waals surface area contributed by atoms with Gasteiger partial charge in [-0.3, -0.25) is 9.78 Å². The lowest BCUT2D eigenvalue weighted by Crippen LogP contribution is -2.26. The van der Waals surface area contributed by atoms with Crippen LogP contribution in [0.2, 0.25) is 0 Å². The van der Waals surface area contributed by atoms with Gasteiger partial charge >= 0.3 is 0 Å². The highest BCUT2D eigenvalue weighted by molar-refractivity contribution is 5.92. The SMILES string of the molecule is CCN(CCCN)c1ccnc(C(=O)NC)c1. The van der Waals surface area contributed by atoms with Crippen LogP contribution in [-0.4, -0.2) is 37.6 Å². The average molecular weight is 236 g/mol. The lowest BCUT2D eigenvalue weighted by Gasteiger charge is -2.23. The minimum Gasteiger partial charge on any atom is -0.372 e. The van der Waals surface area contributed by atoms with Crippen LogP contribution in [0.1, 0.15) is 23.8 Å². The Hall–Kier alpha value is -1.62. The van der Waals surface area contributed by atoms with E-state index in [1.807, 2.05) is 6.07 Å². The Morgan fingerprint density at radius 1 is 1.59 bits per heavy atom. The van der Waals surface area contributed by atoms with Crippen molar-refractivity contribution >= 4 is 11.6 Å². The predicted molar refractivity (Wildman–Crippen MR) is 69.2 cm³/mol. The first kappa shape index (κ1) is 13.4. The summed E-state index contributed by atoms with van der Waals surface area (Å²) in [6, 6.07) is 3.71. The van der Waals surface area contributed by atoms with Crippen molar-refractivity contribution in [3.05, 3.63) is 24.0 Å². The van der Waals surface area contributed by atoms with Gasteiger partial charge in [0.2, 0.25) is 0 Å². The van der Waals surface area contributed by atoms with Gasteiger partial charge in [-0.05, 0) is 32.0 Å². The van der Waals surface area contributed by atoms with Crippen LogP contribution in [0.15, 0.2) is 18.3 Å². The monoisotopic (exact) mass is 236 g/mol. The van der Waals surface area contributed by atoms with E-state index < -0.39 is 0 Å². The molecule has 0 spiro atoms. The van der Waals surface area contributed by atoms with Crippen molar-refractivity contribution in [1.29, 1.82) is 0 Å². The number of nitrogens with two attached hydrogens (primary N) is 1. The maximum Gasteiger partial charge on any atom is 0.269 e. The molecular weight excluding hydrogens is 216 g/mol. The summed E-state index contributed by atoms with van der Waals surface area (Å²) >= 11 is 0. The highest BCUT2D eigenvalue weighted by atomic mass is 16.1. The van der Waals surface area contributed by atoms with Crippen LogP contribution in [0, 0.1) is 0 Å². The first-order valence-corrected chi connectivity index (χ1v) is 5.86. The van der Waals surface area contributed by atoms with Crippen molar-refractivity contribution in [3.63, 3.8) is 0 Å². The molecule has 0 atom stereocenters. The van der Waals surface area contributed by atoms with E-state index in [2.05, 4.69) is 22.1 Å². The number of carbonyl (C=O) groups excluding carboxylic acids is 1. The van der Waals surface area contributed by atoms with E-state index in [9.17, 15) is 4.79 Å². The molecule has 0 aliphatic heterocycles. The number of nitrogens with one attached hydrogen (secondary N) is 1. The maximum absolute atomic E-state index is 11.5. The molecule has 5 heteroatoms. The Bertz CT molecular complexity index is 367. The molecule has 17 heavy (non-hydrogen) atoms. The Kier molecular flexibility index (Phi) is 5.42. The summed E-state index contributed by atoms with van der Waals surface area (Å²) in [6.45, 7) is 4.53. The van der Waals surface area contributed by atoms with Gasteiger partial charge in [0.15, 0.2) is 0 Å². The Morgan fingerprint density at radius 3 is 2.94 bits per heavy atom. The van der Waals surface area contributed by atoms with Crippen LogP contribution in [0.4, 0.5) is 5.69 Å². The molecule has 1 aromatic heterocycles. The van der Waals surface area contributed by atoms with E-state index in [1.165, 1.54) is 0 Å². The zero-order valence-electron chi connectivity index (χ0n) is 10.4. The Labute approximate surface area is 102 Å². The molecule has 94 valence electrons. The van der Waals surface area contributed by atoms with Crippen molar-refractivity contribution in [1.82, 2.24) is 10.3 Å². The number of carbonyl (C=O) groups is 1. The highest BCUT2D eigenvalue weighted by Crippen LogP contribution is 2.14. The minimum atomic E-state index is -0.165. The van der Waals surface area contributed by atoms with Crippen LogP contribution in [0.3, 0.4) is 0 Å². The van der Waals surface area contributed by atoms with E-state index in [1.54, 1.807) is 19.3 Å². The van der Waals surface area contributed by atoms with Crippen molar-refractivity contribution in [2.75, 3.05) is 31.6 Å². The molecule has 0 fully saturated rings. The predicted octanol–water partition coefficient (Wildman–Crippen LogP) is 0.616. The lowest BCUT2D eigenvalue weighted by atomic mass is 10.2. The first-order chi connectivity index (χ1) is 8.22. The number of anilines is 1. The molecule has 3 N–H and O–H groups in total. The smallest absolute Gasteiger partial charge is 0.269 e. The fourth-order valence-electron chi connectivity index (χ4n) is 1.62. The van der Waals surface area contributed by atoms with Crippen molar-refractivity contribution in [2.24, 2.45) is 5.73 Å². The number of pyridine rings is 1. The summed E-state index contributed by atoms with van der Waals surface area (Å²) in [5.74, 6) is -0.165. The number of hydrogen-bond acceptors (Lipinski definition) is 4. The van der Waals surface area contributed by atoms with E-state index in [0.717, 1.165) is 25.2 Å². The van der Waals surface area contributed by atoms with Gasteiger partial charge in [-0.15, -0.1) is 0 Å². The maximum atomic E-state index is 11.5. The second kappa shape index (κ2) is 6.85. The van der Waals surface area contributed by atoms with Gasteiger partial charge < -0.3 is 16.0 Å². The Morgan fingerprint density at radius 2 is 2.35 bits per heavy atom. The summed E-state index contributed by atoms with van der Waals surface area (Å²) in [5.41, 5.74) is 6.96. The topological polar surface area (TPSA) is 71.2 Å². The molecule has 0 aromatic carbocycles. The van der Waals surface area contributed by atoms with Crippen LogP contribution >= 0.6 is 0 Å². The van der Waals surface area contributed by atoms with E-state index >= 15 is 0 Å². The zero-order chi connectivity index (χ0) is 12.7. The molecular formula is C12H20N4O. The molecule has 0 aliphatic carbocycles. The molecule has 1 aromatic rings. The fraction of sp³-hybridized carbons (Fsp3) is 0.500.